The molecule has 0 bridgehead atoms. The van der Waals surface area contributed by atoms with Crippen molar-refractivity contribution in [2.75, 3.05) is 26.2 Å². The zero-order valence-electron chi connectivity index (χ0n) is 13.7. The van der Waals surface area contributed by atoms with Crippen LogP contribution in [0.15, 0.2) is 24.4 Å². The Hall–Kier alpha value is -3.10. The summed E-state index contributed by atoms with van der Waals surface area (Å²) >= 11 is 0. The van der Waals surface area contributed by atoms with E-state index in [0.717, 1.165) is 5.69 Å². The molecule has 0 aromatic carbocycles. The van der Waals surface area contributed by atoms with Gasteiger partial charge in [-0.25, -0.2) is 0 Å². The third-order valence-electron chi connectivity index (χ3n) is 4.72. The lowest BCUT2D eigenvalue weighted by Crippen LogP contribution is -2.66. The molecule has 1 atom stereocenters. The highest BCUT2D eigenvalue weighted by Gasteiger charge is 2.40. The minimum absolute atomic E-state index is 0.0316. The quantitative estimate of drug-likeness (QED) is 0.745. The highest BCUT2D eigenvalue weighted by atomic mass is 16.2. The van der Waals surface area contributed by atoms with E-state index in [9.17, 15) is 14.4 Å². The number of piperazine rings is 2. The molecule has 0 saturated carbocycles. The lowest BCUT2D eigenvalue weighted by Gasteiger charge is -2.42. The van der Waals surface area contributed by atoms with Crippen LogP contribution >= 0.6 is 0 Å². The molecule has 1 unspecified atom stereocenters. The van der Waals surface area contributed by atoms with Crippen molar-refractivity contribution in [3.63, 3.8) is 0 Å². The Morgan fingerprint density at radius 3 is 2.92 bits per heavy atom. The number of hydrogen-bond donors (Lipinski definition) is 2. The first-order valence-corrected chi connectivity index (χ1v) is 8.08. The Bertz CT molecular complexity index is 854. The van der Waals surface area contributed by atoms with Gasteiger partial charge in [0.15, 0.2) is 0 Å². The molecule has 9 heteroatoms. The third kappa shape index (κ3) is 2.57. The zero-order chi connectivity index (χ0) is 17.6. The van der Waals surface area contributed by atoms with Gasteiger partial charge in [0.25, 0.3) is 5.91 Å². The van der Waals surface area contributed by atoms with Gasteiger partial charge in [-0.05, 0) is 18.2 Å². The fourth-order valence-corrected chi connectivity index (χ4v) is 3.33. The Morgan fingerprint density at radius 1 is 1.32 bits per heavy atom. The first kappa shape index (κ1) is 15.4. The van der Waals surface area contributed by atoms with Crippen LogP contribution in [0.1, 0.15) is 10.5 Å². The van der Waals surface area contributed by atoms with Gasteiger partial charge in [-0.15, -0.1) is 0 Å². The van der Waals surface area contributed by atoms with Gasteiger partial charge in [0.1, 0.15) is 17.4 Å². The maximum absolute atomic E-state index is 12.7. The number of aryl methyl sites for hydroxylation is 1. The zero-order valence-corrected chi connectivity index (χ0v) is 13.7. The Kier molecular flexibility index (Phi) is 3.56. The summed E-state index contributed by atoms with van der Waals surface area (Å²) in [6, 6.07) is 4.91. The fourth-order valence-electron chi connectivity index (χ4n) is 3.33. The largest absolute Gasteiger partial charge is 0.349 e. The van der Waals surface area contributed by atoms with Crippen LogP contribution in [0, 0.1) is 0 Å². The number of fused-ring (bicyclic) bond motifs is 1. The predicted octanol–water partition coefficient (Wildman–Crippen LogP) is -0.802. The van der Waals surface area contributed by atoms with Gasteiger partial charge in [-0.1, -0.05) is 0 Å². The molecule has 2 aliphatic heterocycles. The number of H-pyrrole nitrogens is 1. The summed E-state index contributed by atoms with van der Waals surface area (Å²) in [4.78, 5) is 39.8. The summed E-state index contributed by atoms with van der Waals surface area (Å²) in [5.74, 6) is -0.547. The lowest BCUT2D eigenvalue weighted by molar-refractivity contribution is -0.148. The average Bonchev–Trinajstić information content (AvgIpc) is 3.26. The van der Waals surface area contributed by atoms with Gasteiger partial charge < -0.3 is 19.7 Å². The normalized spacial score (nSPS) is 20.4. The summed E-state index contributed by atoms with van der Waals surface area (Å²) in [7, 11) is 1.91. The smallest absolute Gasteiger partial charge is 0.272 e. The topological polar surface area (TPSA) is 103 Å². The molecule has 3 amide bonds. The minimum Gasteiger partial charge on any atom is -0.349 e. The molecule has 0 spiro atoms. The average molecular weight is 342 g/mol. The van der Waals surface area contributed by atoms with Gasteiger partial charge in [-0.2, -0.15) is 5.10 Å². The number of carbonyl (C=O) groups excluding carboxylic acids is 3. The van der Waals surface area contributed by atoms with Gasteiger partial charge in [0, 0.05) is 26.3 Å². The van der Waals surface area contributed by atoms with E-state index in [1.165, 1.54) is 0 Å². The molecule has 4 rings (SSSR count). The molecule has 0 aliphatic carbocycles. The summed E-state index contributed by atoms with van der Waals surface area (Å²) in [6.07, 6.45) is 1.91. The fraction of sp³-hybridized carbons (Fsp3) is 0.375. The van der Waals surface area contributed by atoms with Crippen molar-refractivity contribution < 1.29 is 14.4 Å². The molecule has 25 heavy (non-hydrogen) atoms. The molecular weight excluding hydrogens is 324 g/mol. The van der Waals surface area contributed by atoms with E-state index in [0.29, 0.717) is 24.5 Å². The Morgan fingerprint density at radius 2 is 2.16 bits per heavy atom. The van der Waals surface area contributed by atoms with Crippen LogP contribution in [-0.2, 0) is 16.6 Å². The highest BCUT2D eigenvalue weighted by Crippen LogP contribution is 2.20. The molecule has 130 valence electrons. The van der Waals surface area contributed by atoms with Crippen molar-refractivity contribution in [2.24, 2.45) is 7.05 Å². The molecule has 2 aromatic heterocycles. The summed E-state index contributed by atoms with van der Waals surface area (Å²) in [6.45, 7) is 0.979. The first-order valence-electron chi connectivity index (χ1n) is 8.08. The van der Waals surface area contributed by atoms with Crippen LogP contribution in [0.5, 0.6) is 0 Å². The van der Waals surface area contributed by atoms with E-state index in [1.54, 1.807) is 15.9 Å². The number of nitrogens with one attached hydrogen (secondary N) is 2. The van der Waals surface area contributed by atoms with Crippen molar-refractivity contribution in [3.8, 4) is 11.4 Å². The summed E-state index contributed by atoms with van der Waals surface area (Å²) < 4.78 is 1.92. The molecule has 9 nitrogen and oxygen atoms in total. The second-order valence-electron chi connectivity index (χ2n) is 6.24. The van der Waals surface area contributed by atoms with E-state index in [1.807, 2.05) is 29.9 Å². The maximum Gasteiger partial charge on any atom is 0.272 e. The molecule has 2 aromatic rings. The van der Waals surface area contributed by atoms with Crippen molar-refractivity contribution in [1.82, 2.24) is 29.9 Å². The monoisotopic (exact) mass is 342 g/mol. The Labute approximate surface area is 143 Å². The van der Waals surface area contributed by atoms with Crippen molar-refractivity contribution in [2.45, 2.75) is 6.04 Å². The van der Waals surface area contributed by atoms with Crippen molar-refractivity contribution in [3.05, 3.63) is 30.1 Å². The van der Waals surface area contributed by atoms with Crippen molar-refractivity contribution >= 4 is 17.7 Å². The van der Waals surface area contributed by atoms with Crippen LogP contribution in [0.3, 0.4) is 0 Å². The van der Waals surface area contributed by atoms with Crippen LogP contribution in [0.25, 0.3) is 11.4 Å². The number of carbonyl (C=O) groups is 3. The highest BCUT2D eigenvalue weighted by molar-refractivity contribution is 5.97. The molecule has 2 saturated heterocycles. The SMILES string of the molecule is Cn1cccc1-c1cc(C(=O)N2CCN3C(=O)CNC(=O)C3C2)[nH]n1. The van der Waals surface area contributed by atoms with E-state index in [-0.39, 0.29) is 30.8 Å². The van der Waals surface area contributed by atoms with E-state index >= 15 is 0 Å². The minimum atomic E-state index is -0.616. The molecule has 2 fully saturated rings. The number of aromatic amines is 1. The molecule has 2 aliphatic rings. The molecule has 0 radical (unpaired) electrons. The van der Waals surface area contributed by atoms with Gasteiger partial charge >= 0.3 is 0 Å². The van der Waals surface area contributed by atoms with E-state index < -0.39 is 6.04 Å². The standard InChI is InChI=1S/C16H18N6O3/c1-20-4-2-3-12(20)10-7-11(19-18-10)16(25)21-5-6-22-13(9-21)15(24)17-8-14(22)23/h2-4,7,13H,5-6,8-9H2,1H3,(H,17,24)(H,18,19). The predicted molar refractivity (Wildman–Crippen MR) is 87.4 cm³/mol. The van der Waals surface area contributed by atoms with Crippen LogP contribution in [0.4, 0.5) is 0 Å². The second-order valence-corrected chi connectivity index (χ2v) is 6.24. The molecule has 4 heterocycles. The number of hydrogen-bond acceptors (Lipinski definition) is 4. The van der Waals surface area contributed by atoms with Crippen LogP contribution < -0.4 is 5.32 Å². The third-order valence-corrected chi connectivity index (χ3v) is 4.72. The number of aromatic nitrogens is 3. The van der Waals surface area contributed by atoms with E-state index in [2.05, 4.69) is 15.5 Å². The number of nitrogens with zero attached hydrogens (tertiary/aromatic N) is 4. The maximum atomic E-state index is 12.7. The first-order chi connectivity index (χ1) is 12.0. The molecular formula is C16H18N6O3. The lowest BCUT2D eigenvalue weighted by atomic mass is 10.1. The van der Waals surface area contributed by atoms with Gasteiger partial charge in [0.05, 0.1) is 18.8 Å². The number of rotatable bonds is 2. The summed E-state index contributed by atoms with van der Waals surface area (Å²) in [5, 5.41) is 9.55. The molecule has 2 N–H and O–H groups in total. The Balaban J connectivity index is 1.52. The summed E-state index contributed by atoms with van der Waals surface area (Å²) in [5.41, 5.74) is 1.95. The van der Waals surface area contributed by atoms with Gasteiger partial charge in [-0.3, -0.25) is 19.5 Å². The second kappa shape index (κ2) is 5.76. The van der Waals surface area contributed by atoms with Crippen molar-refractivity contribution in [1.29, 1.82) is 0 Å². The van der Waals surface area contributed by atoms with Gasteiger partial charge in [0.2, 0.25) is 11.8 Å². The van der Waals surface area contributed by atoms with Crippen LogP contribution in [0.2, 0.25) is 0 Å². The number of amides is 3. The van der Waals surface area contributed by atoms with Crippen LogP contribution in [-0.4, -0.2) is 74.5 Å². The van der Waals surface area contributed by atoms with E-state index in [4.69, 9.17) is 0 Å².